The first-order chi connectivity index (χ1) is 9.36. The summed E-state index contributed by atoms with van der Waals surface area (Å²) in [6.07, 6.45) is -0.927. The Kier molecular flexibility index (Phi) is 4.13. The molecule has 2 rings (SSSR count). The topological polar surface area (TPSA) is 49.3 Å². The number of carboxylic acid groups (broad SMARTS) is 1. The van der Waals surface area contributed by atoms with Crippen LogP contribution in [-0.4, -0.2) is 23.7 Å². The zero-order chi connectivity index (χ0) is 14.8. The SMILES string of the molecule is O=C(O)/C(=C\c1ccc(C(F)(F)F)cc1)CNC1CC1. The van der Waals surface area contributed by atoms with Gasteiger partial charge in [-0.15, -0.1) is 0 Å². The van der Waals surface area contributed by atoms with E-state index >= 15 is 0 Å². The molecule has 0 unspecified atom stereocenters. The Bertz CT molecular complexity index is 516. The van der Waals surface area contributed by atoms with Gasteiger partial charge in [-0.05, 0) is 36.6 Å². The molecule has 0 atom stereocenters. The van der Waals surface area contributed by atoms with Crippen LogP contribution in [0.4, 0.5) is 13.2 Å². The van der Waals surface area contributed by atoms with Gasteiger partial charge in [0.05, 0.1) is 11.1 Å². The molecule has 1 aliphatic rings. The number of halogens is 3. The van der Waals surface area contributed by atoms with Gasteiger partial charge >= 0.3 is 12.1 Å². The van der Waals surface area contributed by atoms with Crippen molar-refractivity contribution >= 4 is 12.0 Å². The number of hydrogen-bond donors (Lipinski definition) is 2. The van der Waals surface area contributed by atoms with Crippen LogP contribution in [0.1, 0.15) is 24.0 Å². The van der Waals surface area contributed by atoms with Gasteiger partial charge in [-0.3, -0.25) is 0 Å². The second-order valence-corrected chi connectivity index (χ2v) is 4.75. The number of carbonyl (C=O) groups is 1. The average molecular weight is 285 g/mol. The number of aliphatic carboxylic acids is 1. The van der Waals surface area contributed by atoms with E-state index in [1.807, 2.05) is 0 Å². The van der Waals surface area contributed by atoms with Gasteiger partial charge in [0.15, 0.2) is 0 Å². The van der Waals surface area contributed by atoms with Crippen molar-refractivity contribution < 1.29 is 23.1 Å². The third-order valence-electron chi connectivity index (χ3n) is 3.01. The highest BCUT2D eigenvalue weighted by molar-refractivity contribution is 5.92. The van der Waals surface area contributed by atoms with Crippen LogP contribution in [0.2, 0.25) is 0 Å². The number of benzene rings is 1. The van der Waals surface area contributed by atoms with E-state index in [-0.39, 0.29) is 12.1 Å². The summed E-state index contributed by atoms with van der Waals surface area (Å²) in [6, 6.07) is 4.79. The predicted molar refractivity (Wildman–Crippen MR) is 68.1 cm³/mol. The lowest BCUT2D eigenvalue weighted by molar-refractivity contribution is -0.137. The molecule has 0 aromatic heterocycles. The highest BCUT2D eigenvalue weighted by atomic mass is 19.4. The third kappa shape index (κ3) is 4.09. The van der Waals surface area contributed by atoms with Crippen molar-refractivity contribution in [1.82, 2.24) is 5.32 Å². The fourth-order valence-corrected chi connectivity index (χ4v) is 1.70. The van der Waals surface area contributed by atoms with Crippen molar-refractivity contribution in [2.24, 2.45) is 0 Å². The maximum absolute atomic E-state index is 12.4. The Labute approximate surface area is 114 Å². The molecule has 0 aliphatic heterocycles. The first-order valence-corrected chi connectivity index (χ1v) is 6.21. The zero-order valence-electron chi connectivity index (χ0n) is 10.6. The molecule has 108 valence electrons. The molecule has 1 aromatic carbocycles. The van der Waals surface area contributed by atoms with Gasteiger partial charge in [-0.25, -0.2) is 4.79 Å². The van der Waals surface area contributed by atoms with Crippen LogP contribution < -0.4 is 5.32 Å². The minimum atomic E-state index is -4.38. The van der Waals surface area contributed by atoms with Crippen LogP contribution in [0.15, 0.2) is 29.8 Å². The minimum absolute atomic E-state index is 0.136. The molecule has 2 N–H and O–H groups in total. The summed E-state index contributed by atoms with van der Waals surface area (Å²) < 4.78 is 37.2. The fourth-order valence-electron chi connectivity index (χ4n) is 1.70. The van der Waals surface area contributed by atoms with Gasteiger partial charge in [-0.1, -0.05) is 12.1 Å². The molecule has 1 saturated carbocycles. The highest BCUT2D eigenvalue weighted by Gasteiger charge is 2.29. The highest BCUT2D eigenvalue weighted by Crippen LogP contribution is 2.29. The van der Waals surface area contributed by atoms with Crippen LogP contribution in [0.3, 0.4) is 0 Å². The summed E-state index contributed by atoms with van der Waals surface area (Å²) in [5.41, 5.74) is -0.174. The monoisotopic (exact) mass is 285 g/mol. The van der Waals surface area contributed by atoms with E-state index in [4.69, 9.17) is 5.11 Å². The Hall–Kier alpha value is -1.82. The van der Waals surface area contributed by atoms with Crippen LogP contribution in [0.25, 0.3) is 6.08 Å². The summed E-state index contributed by atoms with van der Waals surface area (Å²) in [5.74, 6) is -1.07. The van der Waals surface area contributed by atoms with Crippen LogP contribution in [-0.2, 0) is 11.0 Å². The third-order valence-corrected chi connectivity index (χ3v) is 3.01. The van der Waals surface area contributed by atoms with Gasteiger partial charge in [0.25, 0.3) is 0 Å². The molecule has 0 spiro atoms. The molecular weight excluding hydrogens is 271 g/mol. The van der Waals surface area contributed by atoms with Gasteiger partial charge in [0.1, 0.15) is 0 Å². The number of hydrogen-bond acceptors (Lipinski definition) is 2. The van der Waals surface area contributed by atoms with E-state index in [0.29, 0.717) is 11.6 Å². The number of alkyl halides is 3. The maximum Gasteiger partial charge on any atom is 0.416 e. The zero-order valence-corrected chi connectivity index (χ0v) is 10.6. The number of rotatable bonds is 5. The standard InChI is InChI=1S/C14H14F3NO2/c15-14(16,17)11-3-1-9(2-4-11)7-10(13(19)20)8-18-12-5-6-12/h1-4,7,12,18H,5-6,8H2,(H,19,20)/b10-7-. The molecule has 0 amide bonds. The Morgan fingerprint density at radius 2 is 1.90 bits per heavy atom. The number of nitrogens with one attached hydrogen (secondary N) is 1. The van der Waals surface area contributed by atoms with E-state index in [1.165, 1.54) is 18.2 Å². The first-order valence-electron chi connectivity index (χ1n) is 6.21. The van der Waals surface area contributed by atoms with E-state index in [0.717, 1.165) is 25.0 Å². The van der Waals surface area contributed by atoms with Crippen molar-refractivity contribution in [1.29, 1.82) is 0 Å². The van der Waals surface area contributed by atoms with Gasteiger partial charge in [0, 0.05) is 12.6 Å². The number of carboxylic acids is 1. The summed E-state index contributed by atoms with van der Waals surface area (Å²) in [7, 11) is 0. The Morgan fingerprint density at radius 1 is 1.30 bits per heavy atom. The average Bonchev–Trinajstić information content (AvgIpc) is 3.17. The van der Waals surface area contributed by atoms with Crippen molar-refractivity contribution in [3.8, 4) is 0 Å². The van der Waals surface area contributed by atoms with Crippen molar-refractivity contribution in [2.45, 2.75) is 25.1 Å². The van der Waals surface area contributed by atoms with Crippen molar-refractivity contribution in [3.05, 3.63) is 41.0 Å². The normalized spacial score (nSPS) is 16.2. The van der Waals surface area contributed by atoms with Crippen LogP contribution >= 0.6 is 0 Å². The van der Waals surface area contributed by atoms with Gasteiger partial charge in [0.2, 0.25) is 0 Å². The predicted octanol–water partition coefficient (Wildman–Crippen LogP) is 2.93. The molecule has 20 heavy (non-hydrogen) atoms. The summed E-state index contributed by atoms with van der Waals surface area (Å²) >= 11 is 0. The molecule has 0 radical (unpaired) electrons. The van der Waals surface area contributed by atoms with Gasteiger partial charge in [-0.2, -0.15) is 13.2 Å². The largest absolute Gasteiger partial charge is 0.478 e. The van der Waals surface area contributed by atoms with Crippen LogP contribution in [0.5, 0.6) is 0 Å². The molecule has 0 bridgehead atoms. The summed E-state index contributed by atoms with van der Waals surface area (Å²) in [6.45, 7) is 0.209. The first kappa shape index (κ1) is 14.6. The van der Waals surface area contributed by atoms with Crippen molar-refractivity contribution in [2.75, 3.05) is 6.54 Å². The molecule has 1 aliphatic carbocycles. The summed E-state index contributed by atoms with van der Waals surface area (Å²) in [5, 5.41) is 12.1. The van der Waals surface area contributed by atoms with E-state index in [1.54, 1.807) is 0 Å². The minimum Gasteiger partial charge on any atom is -0.478 e. The lowest BCUT2D eigenvalue weighted by Crippen LogP contribution is -2.22. The molecule has 1 fully saturated rings. The van der Waals surface area contributed by atoms with E-state index in [9.17, 15) is 18.0 Å². The smallest absolute Gasteiger partial charge is 0.416 e. The second-order valence-electron chi connectivity index (χ2n) is 4.75. The van der Waals surface area contributed by atoms with E-state index < -0.39 is 17.7 Å². The maximum atomic E-state index is 12.4. The molecular formula is C14H14F3NO2. The van der Waals surface area contributed by atoms with Crippen LogP contribution in [0, 0.1) is 0 Å². The van der Waals surface area contributed by atoms with Crippen molar-refractivity contribution in [3.63, 3.8) is 0 Å². The molecule has 6 heteroatoms. The molecule has 0 saturated heterocycles. The summed E-state index contributed by atoms with van der Waals surface area (Å²) in [4.78, 5) is 11.1. The lowest BCUT2D eigenvalue weighted by Gasteiger charge is -2.07. The Morgan fingerprint density at radius 3 is 2.35 bits per heavy atom. The van der Waals surface area contributed by atoms with Gasteiger partial charge < -0.3 is 10.4 Å². The molecule has 1 aromatic rings. The molecule has 3 nitrogen and oxygen atoms in total. The lowest BCUT2D eigenvalue weighted by atomic mass is 10.1. The Balaban J connectivity index is 2.11. The molecule has 0 heterocycles. The second kappa shape index (κ2) is 5.66. The van der Waals surface area contributed by atoms with E-state index in [2.05, 4.69) is 5.32 Å². The quantitative estimate of drug-likeness (QED) is 0.818. The fraction of sp³-hybridized carbons (Fsp3) is 0.357.